The van der Waals surface area contributed by atoms with Gasteiger partial charge in [-0.15, -0.1) is 11.3 Å². The maximum absolute atomic E-state index is 13.3. The fraction of sp³-hybridized carbons (Fsp3) is 0.0909. The number of anilines is 1. The number of alkyl halides is 3. The van der Waals surface area contributed by atoms with E-state index in [1.807, 2.05) is 0 Å². The van der Waals surface area contributed by atoms with Gasteiger partial charge in [-0.25, -0.2) is 4.68 Å². The van der Waals surface area contributed by atoms with Crippen LogP contribution in [0.15, 0.2) is 66.0 Å². The number of benzene rings is 2. The first-order chi connectivity index (χ1) is 15.4. The van der Waals surface area contributed by atoms with Crippen LogP contribution >= 0.6 is 11.3 Å². The third kappa shape index (κ3) is 3.80. The van der Waals surface area contributed by atoms with Crippen LogP contribution in [0.2, 0.25) is 0 Å². The van der Waals surface area contributed by atoms with Crippen LogP contribution in [0.1, 0.15) is 16.1 Å². The molecular weight excluding hydrogens is 443 g/mol. The summed E-state index contributed by atoms with van der Waals surface area (Å²) in [7, 11) is 0. The lowest BCUT2D eigenvalue weighted by molar-refractivity contribution is -0.141. The fourth-order valence-electron chi connectivity index (χ4n) is 3.25. The van der Waals surface area contributed by atoms with Gasteiger partial charge in [0.2, 0.25) is 6.79 Å². The minimum Gasteiger partial charge on any atom is -0.454 e. The van der Waals surface area contributed by atoms with Crippen molar-refractivity contribution in [3.05, 3.63) is 77.3 Å². The van der Waals surface area contributed by atoms with Gasteiger partial charge in [0.05, 0.1) is 16.3 Å². The molecule has 10 heteroatoms. The fourth-order valence-corrected chi connectivity index (χ4v) is 3.97. The van der Waals surface area contributed by atoms with Crippen LogP contribution < -0.4 is 14.8 Å². The van der Waals surface area contributed by atoms with E-state index in [1.165, 1.54) is 28.2 Å². The standard InChI is InChI=1S/C22H14F3N3O3S/c23-22(24,25)20-11-16(19-2-1-9-32-19)28(27-20)15-6-3-13(4-7-15)21(29)26-14-5-8-17-18(10-14)31-12-30-17/h1-11H,12H2,(H,26,29). The highest BCUT2D eigenvalue weighted by molar-refractivity contribution is 7.13. The van der Waals surface area contributed by atoms with Gasteiger partial charge in [-0.05, 0) is 53.9 Å². The van der Waals surface area contributed by atoms with Crippen molar-refractivity contribution in [3.8, 4) is 27.8 Å². The highest BCUT2D eigenvalue weighted by atomic mass is 32.1. The van der Waals surface area contributed by atoms with Crippen LogP contribution in [-0.2, 0) is 6.18 Å². The Labute approximate surface area is 183 Å². The number of hydrogen-bond acceptors (Lipinski definition) is 5. The molecule has 4 aromatic rings. The molecule has 32 heavy (non-hydrogen) atoms. The largest absolute Gasteiger partial charge is 0.454 e. The molecule has 2 aromatic carbocycles. The molecule has 1 N–H and O–H groups in total. The Morgan fingerprint density at radius 3 is 2.53 bits per heavy atom. The molecule has 0 atom stereocenters. The summed E-state index contributed by atoms with van der Waals surface area (Å²) >= 11 is 1.32. The lowest BCUT2D eigenvalue weighted by atomic mass is 10.2. The first-order valence-corrected chi connectivity index (χ1v) is 10.3. The second kappa shape index (κ2) is 7.72. The topological polar surface area (TPSA) is 65.4 Å². The second-order valence-corrected chi connectivity index (χ2v) is 7.82. The van der Waals surface area contributed by atoms with Crippen molar-refractivity contribution in [1.82, 2.24) is 9.78 Å². The van der Waals surface area contributed by atoms with Crippen molar-refractivity contribution in [3.63, 3.8) is 0 Å². The minimum absolute atomic E-state index is 0.130. The number of rotatable bonds is 4. The summed E-state index contributed by atoms with van der Waals surface area (Å²) in [5, 5.41) is 8.30. The number of nitrogens with zero attached hydrogens (tertiary/aromatic N) is 2. The molecule has 0 saturated heterocycles. The Balaban J connectivity index is 1.41. The Morgan fingerprint density at radius 2 is 1.81 bits per heavy atom. The number of fused-ring (bicyclic) bond motifs is 1. The molecule has 0 saturated carbocycles. The van der Waals surface area contributed by atoms with E-state index < -0.39 is 11.9 Å². The van der Waals surface area contributed by atoms with Gasteiger partial charge < -0.3 is 14.8 Å². The van der Waals surface area contributed by atoms with E-state index in [4.69, 9.17) is 9.47 Å². The number of ether oxygens (including phenoxy) is 2. The van der Waals surface area contributed by atoms with E-state index in [0.717, 1.165) is 6.07 Å². The number of carbonyl (C=O) groups is 1. The predicted octanol–water partition coefficient (Wildman–Crippen LogP) is 5.60. The molecule has 2 aromatic heterocycles. The zero-order valence-electron chi connectivity index (χ0n) is 16.2. The molecule has 1 amide bonds. The molecule has 5 rings (SSSR count). The van der Waals surface area contributed by atoms with E-state index in [1.54, 1.807) is 47.8 Å². The summed E-state index contributed by atoms with van der Waals surface area (Å²) in [4.78, 5) is 13.2. The molecular formula is C22H14F3N3O3S. The number of nitrogens with one attached hydrogen (secondary N) is 1. The Morgan fingerprint density at radius 1 is 1.03 bits per heavy atom. The Hall–Kier alpha value is -3.79. The first kappa shape index (κ1) is 20.1. The van der Waals surface area contributed by atoms with Crippen molar-refractivity contribution < 1.29 is 27.4 Å². The highest BCUT2D eigenvalue weighted by Crippen LogP contribution is 2.35. The molecule has 1 aliphatic heterocycles. The maximum Gasteiger partial charge on any atom is 0.435 e. The molecule has 0 bridgehead atoms. The highest BCUT2D eigenvalue weighted by Gasteiger charge is 2.35. The van der Waals surface area contributed by atoms with Crippen molar-refractivity contribution in [2.45, 2.75) is 6.18 Å². The minimum atomic E-state index is -4.57. The molecule has 3 heterocycles. The smallest absolute Gasteiger partial charge is 0.435 e. The zero-order chi connectivity index (χ0) is 22.3. The summed E-state index contributed by atoms with van der Waals surface area (Å²) in [6.07, 6.45) is -4.57. The van der Waals surface area contributed by atoms with Crippen molar-refractivity contribution in [2.75, 3.05) is 12.1 Å². The molecule has 0 spiro atoms. The van der Waals surface area contributed by atoms with E-state index in [9.17, 15) is 18.0 Å². The van der Waals surface area contributed by atoms with Crippen LogP contribution in [0.25, 0.3) is 16.3 Å². The van der Waals surface area contributed by atoms with Gasteiger partial charge in [-0.1, -0.05) is 6.07 Å². The maximum atomic E-state index is 13.3. The average molecular weight is 457 g/mol. The summed E-state index contributed by atoms with van der Waals surface area (Å²) in [6.45, 7) is 0.130. The molecule has 0 aliphatic carbocycles. The van der Waals surface area contributed by atoms with Gasteiger partial charge in [0.25, 0.3) is 5.91 Å². The van der Waals surface area contributed by atoms with E-state index >= 15 is 0 Å². The Bertz CT molecular complexity index is 1280. The number of carbonyl (C=O) groups excluding carboxylic acids is 1. The Kier molecular flexibility index (Phi) is 4.86. The zero-order valence-corrected chi connectivity index (χ0v) is 17.0. The van der Waals surface area contributed by atoms with Gasteiger partial charge in [-0.2, -0.15) is 18.3 Å². The van der Waals surface area contributed by atoms with Crippen LogP contribution in [0.4, 0.5) is 18.9 Å². The molecule has 162 valence electrons. The van der Waals surface area contributed by atoms with Crippen molar-refractivity contribution >= 4 is 22.9 Å². The SMILES string of the molecule is O=C(Nc1ccc2c(c1)OCO2)c1ccc(-n2nc(C(F)(F)F)cc2-c2cccs2)cc1. The molecule has 0 fully saturated rings. The van der Waals surface area contributed by atoms with Gasteiger partial charge in [0.15, 0.2) is 17.2 Å². The van der Waals surface area contributed by atoms with E-state index in [0.29, 0.717) is 39.0 Å². The molecule has 0 unspecified atom stereocenters. The number of aromatic nitrogens is 2. The number of halogens is 3. The van der Waals surface area contributed by atoms with Gasteiger partial charge in [0.1, 0.15) is 0 Å². The summed E-state index contributed by atoms with van der Waals surface area (Å²) in [6, 6.07) is 15.7. The van der Waals surface area contributed by atoms with Crippen LogP contribution in [-0.4, -0.2) is 22.5 Å². The third-order valence-electron chi connectivity index (χ3n) is 4.78. The third-order valence-corrected chi connectivity index (χ3v) is 5.67. The first-order valence-electron chi connectivity index (χ1n) is 9.41. The van der Waals surface area contributed by atoms with Gasteiger partial charge in [0, 0.05) is 17.3 Å². The predicted molar refractivity (Wildman–Crippen MR) is 112 cm³/mol. The molecule has 0 radical (unpaired) electrons. The summed E-state index contributed by atoms with van der Waals surface area (Å²) < 4.78 is 51.5. The van der Waals surface area contributed by atoms with Crippen molar-refractivity contribution in [1.29, 1.82) is 0 Å². The monoisotopic (exact) mass is 457 g/mol. The number of hydrogen-bond donors (Lipinski definition) is 1. The number of thiophene rings is 1. The van der Waals surface area contributed by atoms with Crippen LogP contribution in [0, 0.1) is 0 Å². The lowest BCUT2D eigenvalue weighted by Gasteiger charge is -2.09. The van der Waals surface area contributed by atoms with Crippen molar-refractivity contribution in [2.24, 2.45) is 0 Å². The average Bonchev–Trinajstić information content (AvgIpc) is 3.52. The van der Waals surface area contributed by atoms with E-state index in [-0.39, 0.29) is 12.7 Å². The lowest BCUT2D eigenvalue weighted by Crippen LogP contribution is -2.12. The van der Waals surface area contributed by atoms with Gasteiger partial charge >= 0.3 is 6.18 Å². The second-order valence-electron chi connectivity index (χ2n) is 6.87. The normalized spacial score (nSPS) is 12.7. The van der Waals surface area contributed by atoms with Crippen LogP contribution in [0.5, 0.6) is 11.5 Å². The summed E-state index contributed by atoms with van der Waals surface area (Å²) in [5.74, 6) is 0.773. The molecule has 6 nitrogen and oxygen atoms in total. The van der Waals surface area contributed by atoms with E-state index in [2.05, 4.69) is 10.4 Å². The molecule has 1 aliphatic rings. The number of amides is 1. The summed E-state index contributed by atoms with van der Waals surface area (Å²) in [5.41, 5.74) is 0.622. The van der Waals surface area contributed by atoms with Crippen LogP contribution in [0.3, 0.4) is 0 Å². The van der Waals surface area contributed by atoms with Gasteiger partial charge in [-0.3, -0.25) is 4.79 Å². The quantitative estimate of drug-likeness (QED) is 0.433.